The lowest BCUT2D eigenvalue weighted by atomic mass is 10.1. The van der Waals surface area contributed by atoms with Crippen molar-refractivity contribution in [3.63, 3.8) is 0 Å². The van der Waals surface area contributed by atoms with Crippen LogP contribution in [0.4, 0.5) is 0 Å². The van der Waals surface area contributed by atoms with E-state index in [2.05, 4.69) is 18.1 Å². The summed E-state index contributed by atoms with van der Waals surface area (Å²) in [4.78, 5) is 16.4. The first kappa shape index (κ1) is 15.7. The number of imidazole rings is 1. The van der Waals surface area contributed by atoms with Crippen LogP contribution in [0.1, 0.15) is 25.1 Å². The zero-order valence-corrected chi connectivity index (χ0v) is 14.5. The van der Waals surface area contributed by atoms with Gasteiger partial charge in [0.1, 0.15) is 5.78 Å². The molecule has 2 heterocycles. The topological polar surface area (TPSA) is 47.3 Å². The van der Waals surface area contributed by atoms with Gasteiger partial charge in [-0.1, -0.05) is 42.1 Å². The fourth-order valence-corrected chi connectivity index (χ4v) is 3.38. The fraction of sp³-hybridized carbons (Fsp3) is 0.278. The van der Waals surface area contributed by atoms with Crippen molar-refractivity contribution < 1.29 is 4.79 Å². The van der Waals surface area contributed by atoms with Crippen LogP contribution in [-0.4, -0.2) is 25.6 Å². The minimum atomic E-state index is -0.146. The van der Waals surface area contributed by atoms with Gasteiger partial charge in [-0.25, -0.2) is 9.50 Å². The first-order valence-corrected chi connectivity index (χ1v) is 8.45. The van der Waals surface area contributed by atoms with E-state index in [4.69, 9.17) is 4.98 Å². The average molecular weight is 325 g/mol. The van der Waals surface area contributed by atoms with Gasteiger partial charge >= 0.3 is 0 Å². The number of carbonyl (C=O) groups is 1. The van der Waals surface area contributed by atoms with E-state index in [0.717, 1.165) is 33.2 Å². The molecule has 3 aromatic rings. The van der Waals surface area contributed by atoms with Crippen molar-refractivity contribution in [2.45, 2.75) is 38.1 Å². The number of nitrogens with zero attached hydrogens (tertiary/aromatic N) is 3. The van der Waals surface area contributed by atoms with E-state index in [1.54, 1.807) is 6.92 Å². The smallest absolute Gasteiger partial charge is 0.190 e. The second-order valence-corrected chi connectivity index (χ2v) is 7.02. The molecule has 3 rings (SSSR count). The SMILES string of the molecule is CC(=O)[C@H](C)Sc1nc(-c2ccccc2)c2c(C)cc(C)nn12. The van der Waals surface area contributed by atoms with Crippen LogP contribution >= 0.6 is 11.8 Å². The number of thioether (sulfide) groups is 1. The number of fused-ring (bicyclic) bond motifs is 1. The summed E-state index contributed by atoms with van der Waals surface area (Å²) in [6.45, 7) is 7.55. The van der Waals surface area contributed by atoms with Gasteiger partial charge in [-0.05, 0) is 39.3 Å². The molecule has 0 radical (unpaired) electrons. The number of hydrogen-bond donors (Lipinski definition) is 0. The number of Topliss-reactive ketones (excluding diaryl/α,β-unsaturated/α-hetero) is 1. The van der Waals surface area contributed by atoms with Crippen LogP contribution in [0, 0.1) is 13.8 Å². The summed E-state index contributed by atoms with van der Waals surface area (Å²) in [5.41, 5.74) is 5.03. The van der Waals surface area contributed by atoms with Crippen LogP contribution in [0.3, 0.4) is 0 Å². The Morgan fingerprint density at radius 3 is 2.57 bits per heavy atom. The molecule has 0 amide bonds. The summed E-state index contributed by atoms with van der Waals surface area (Å²) in [7, 11) is 0. The van der Waals surface area contributed by atoms with Crippen molar-refractivity contribution in [1.82, 2.24) is 14.6 Å². The molecule has 0 unspecified atom stereocenters. The Bertz CT molecular complexity index is 871. The molecule has 0 aliphatic rings. The molecule has 118 valence electrons. The van der Waals surface area contributed by atoms with Crippen molar-refractivity contribution in [2.24, 2.45) is 0 Å². The second kappa shape index (κ2) is 6.16. The van der Waals surface area contributed by atoms with Gasteiger partial charge in [0.05, 0.1) is 22.2 Å². The van der Waals surface area contributed by atoms with Crippen LogP contribution in [0.15, 0.2) is 41.6 Å². The minimum absolute atomic E-state index is 0.136. The highest BCUT2D eigenvalue weighted by Gasteiger charge is 2.20. The first-order chi connectivity index (χ1) is 11.0. The van der Waals surface area contributed by atoms with Gasteiger partial charge in [-0.15, -0.1) is 0 Å². The van der Waals surface area contributed by atoms with Crippen molar-refractivity contribution >= 4 is 23.1 Å². The third-order valence-corrected chi connectivity index (χ3v) is 4.94. The Kier molecular flexibility index (Phi) is 4.22. The number of ketones is 1. The van der Waals surface area contributed by atoms with Crippen LogP contribution in [0.25, 0.3) is 16.8 Å². The maximum atomic E-state index is 11.6. The molecule has 1 atom stereocenters. The van der Waals surface area contributed by atoms with Crippen molar-refractivity contribution in [2.75, 3.05) is 0 Å². The summed E-state index contributed by atoms with van der Waals surface area (Å²) >= 11 is 1.45. The number of carbonyl (C=O) groups excluding carboxylic acids is 1. The van der Waals surface area contributed by atoms with E-state index in [1.165, 1.54) is 11.8 Å². The molecule has 0 saturated carbocycles. The van der Waals surface area contributed by atoms with Crippen molar-refractivity contribution in [1.29, 1.82) is 0 Å². The lowest BCUT2D eigenvalue weighted by Gasteiger charge is -2.07. The van der Waals surface area contributed by atoms with E-state index < -0.39 is 0 Å². The normalized spacial score (nSPS) is 12.5. The van der Waals surface area contributed by atoms with Gasteiger partial charge in [0, 0.05) is 5.56 Å². The van der Waals surface area contributed by atoms with Gasteiger partial charge in [-0.3, -0.25) is 4.79 Å². The lowest BCUT2D eigenvalue weighted by Crippen LogP contribution is -2.09. The molecular formula is C18H19N3OS. The zero-order chi connectivity index (χ0) is 16.6. The van der Waals surface area contributed by atoms with Gasteiger partial charge in [0.15, 0.2) is 5.16 Å². The largest absolute Gasteiger partial charge is 0.299 e. The Labute approximate surface area is 139 Å². The summed E-state index contributed by atoms with van der Waals surface area (Å²) in [6.07, 6.45) is 0. The number of aryl methyl sites for hydroxylation is 2. The predicted molar refractivity (Wildman–Crippen MR) is 93.9 cm³/mol. The van der Waals surface area contributed by atoms with E-state index >= 15 is 0 Å². The summed E-state index contributed by atoms with van der Waals surface area (Å²) < 4.78 is 1.87. The van der Waals surface area contributed by atoms with E-state index in [-0.39, 0.29) is 11.0 Å². The Hall–Kier alpha value is -2.14. The number of rotatable bonds is 4. The molecule has 0 aliphatic heterocycles. The maximum Gasteiger partial charge on any atom is 0.190 e. The van der Waals surface area contributed by atoms with Gasteiger partial charge in [0.2, 0.25) is 0 Å². The molecule has 4 nitrogen and oxygen atoms in total. The third-order valence-electron chi connectivity index (χ3n) is 3.78. The molecule has 0 spiro atoms. The van der Waals surface area contributed by atoms with Gasteiger partial charge < -0.3 is 0 Å². The standard InChI is InChI=1S/C18H19N3OS/c1-11-10-12(2)20-21-17(11)16(15-8-6-5-7-9-15)19-18(21)23-14(4)13(3)22/h5-10,14H,1-4H3/t14-/m0/s1. The molecule has 0 fully saturated rings. The lowest BCUT2D eigenvalue weighted by molar-refractivity contribution is -0.116. The fourth-order valence-electron chi connectivity index (χ4n) is 2.52. The monoisotopic (exact) mass is 325 g/mol. The number of hydrogen-bond acceptors (Lipinski definition) is 4. The molecule has 5 heteroatoms. The Morgan fingerprint density at radius 1 is 1.22 bits per heavy atom. The number of aromatic nitrogens is 3. The predicted octanol–water partition coefficient (Wildman–Crippen LogP) is 4.08. The van der Waals surface area contributed by atoms with Crippen molar-refractivity contribution in [3.05, 3.63) is 47.7 Å². The summed E-state index contributed by atoms with van der Waals surface area (Å²) in [5.74, 6) is 0.136. The molecule has 0 aliphatic carbocycles. The van der Waals surface area contributed by atoms with Crippen LogP contribution in [-0.2, 0) is 4.79 Å². The highest BCUT2D eigenvalue weighted by atomic mass is 32.2. The van der Waals surface area contributed by atoms with E-state index in [9.17, 15) is 4.79 Å². The molecular weight excluding hydrogens is 306 g/mol. The Morgan fingerprint density at radius 2 is 1.91 bits per heavy atom. The highest BCUT2D eigenvalue weighted by Crippen LogP contribution is 2.32. The third kappa shape index (κ3) is 3.01. The zero-order valence-electron chi connectivity index (χ0n) is 13.7. The maximum absolute atomic E-state index is 11.6. The highest BCUT2D eigenvalue weighted by molar-refractivity contribution is 8.00. The second-order valence-electron chi connectivity index (χ2n) is 5.71. The van der Waals surface area contributed by atoms with Crippen LogP contribution in [0.2, 0.25) is 0 Å². The van der Waals surface area contributed by atoms with E-state index in [0.29, 0.717) is 0 Å². The van der Waals surface area contributed by atoms with Crippen LogP contribution in [0.5, 0.6) is 0 Å². The van der Waals surface area contributed by atoms with Crippen LogP contribution < -0.4 is 0 Å². The molecule has 0 bridgehead atoms. The summed E-state index contributed by atoms with van der Waals surface area (Å²) in [6, 6.07) is 12.1. The molecule has 23 heavy (non-hydrogen) atoms. The Balaban J connectivity index is 2.23. The summed E-state index contributed by atoms with van der Waals surface area (Å²) in [5, 5.41) is 5.23. The molecule has 0 saturated heterocycles. The quantitative estimate of drug-likeness (QED) is 0.678. The molecule has 2 aromatic heterocycles. The minimum Gasteiger partial charge on any atom is -0.299 e. The van der Waals surface area contributed by atoms with Gasteiger partial charge in [-0.2, -0.15) is 5.10 Å². The first-order valence-electron chi connectivity index (χ1n) is 7.57. The van der Waals surface area contributed by atoms with E-state index in [1.807, 2.05) is 48.7 Å². The molecule has 0 N–H and O–H groups in total. The average Bonchev–Trinajstić information content (AvgIpc) is 2.87. The van der Waals surface area contributed by atoms with Gasteiger partial charge in [0.25, 0.3) is 0 Å². The van der Waals surface area contributed by atoms with Crippen molar-refractivity contribution in [3.8, 4) is 11.3 Å². The number of benzene rings is 1. The molecule has 1 aromatic carbocycles.